The molecule has 1 unspecified atom stereocenters. The van der Waals surface area contributed by atoms with E-state index in [-0.39, 0.29) is 55.7 Å². The molecule has 1 saturated carbocycles. The number of aliphatic hydroxyl groups excluding tert-OH is 4. The first-order valence-corrected chi connectivity index (χ1v) is 25.8. The molecular formula is C50H62N20O7. The summed E-state index contributed by atoms with van der Waals surface area (Å²) in [5.41, 5.74) is 19.2. The van der Waals surface area contributed by atoms with Crippen molar-refractivity contribution in [1.29, 1.82) is 0 Å². The lowest BCUT2D eigenvalue weighted by Crippen LogP contribution is -2.14. The van der Waals surface area contributed by atoms with Gasteiger partial charge in [0, 0.05) is 29.2 Å². The Morgan fingerprint density at radius 2 is 0.909 bits per heavy atom. The standard InChI is InChI=1S/3C10H12N4O.C10H10N4O.C7H10O2.C3H6N4O/c4*1-6-7-3-2-4-8(7)14-10(11-6)12-9(5-15)13-14;1-5(8)6-3-2-4-7(6)9;4-3-5-2(1-8)6-7-3/h3*15H,2-5H2,1H3;5H,2-4H2,1H3;6H,2-4H2,1H3;8H,1H2,(H3,4,5,6,7). The Labute approximate surface area is 439 Å². The SMILES string of the molecule is CC(=O)C1CCCC1=O.Cc1nc2nc(C=O)nn2c2c1CCC2.Cc1nc2nc(CO)nn2c2c1CCC2.Cc1nc2nc(CO)nn2c2c1CCC2.Cc1nc2nc(CO)nn2c2c1CCC2.Nc1n[nH]c(CO)n1. The molecule has 9 aromatic rings. The summed E-state index contributed by atoms with van der Waals surface area (Å²) in [4.78, 5) is 69.7. The summed E-state index contributed by atoms with van der Waals surface area (Å²) in [6.07, 6.45) is 16.0. The number of nitrogens with two attached hydrogens (primary N) is 1. The molecule has 1 atom stereocenters. The molecule has 5 aliphatic rings. The number of anilines is 1. The Kier molecular flexibility index (Phi) is 16.4. The van der Waals surface area contributed by atoms with Crippen LogP contribution >= 0.6 is 0 Å². The number of aromatic amines is 1. The molecule has 9 heterocycles. The largest absolute Gasteiger partial charge is 0.388 e. The van der Waals surface area contributed by atoms with Gasteiger partial charge in [-0.1, -0.05) is 0 Å². The van der Waals surface area contributed by atoms with Gasteiger partial charge in [0.2, 0.25) is 11.8 Å². The van der Waals surface area contributed by atoms with Crippen molar-refractivity contribution < 1.29 is 34.8 Å². The van der Waals surface area contributed by atoms with Crippen LogP contribution in [0.15, 0.2) is 0 Å². The van der Waals surface area contributed by atoms with Gasteiger partial charge in [0.25, 0.3) is 23.1 Å². The molecule has 0 aromatic carbocycles. The number of hydrogen-bond acceptors (Lipinski definition) is 22. The van der Waals surface area contributed by atoms with Gasteiger partial charge in [0.05, 0.1) is 28.7 Å². The highest BCUT2D eigenvalue weighted by Gasteiger charge is 2.28. The number of aromatic nitrogens is 19. The maximum absolute atomic E-state index is 10.8. The number of aryl methyl sites for hydroxylation is 8. The Hall–Kier alpha value is -8.01. The van der Waals surface area contributed by atoms with Gasteiger partial charge in [-0.15, -0.1) is 25.5 Å². The minimum absolute atomic E-state index is 0.0394. The molecule has 27 heteroatoms. The molecule has 14 rings (SSSR count). The number of aldehydes is 1. The van der Waals surface area contributed by atoms with Crippen molar-refractivity contribution in [3.63, 3.8) is 0 Å². The van der Waals surface area contributed by atoms with Gasteiger partial charge in [-0.05, 0) is 147 Å². The average molecular weight is 1060 g/mol. The van der Waals surface area contributed by atoms with E-state index < -0.39 is 0 Å². The quantitative estimate of drug-likeness (QED) is 0.102. The molecule has 77 heavy (non-hydrogen) atoms. The van der Waals surface area contributed by atoms with Crippen molar-refractivity contribution in [3.05, 3.63) is 96.9 Å². The fourth-order valence-electron chi connectivity index (χ4n) is 10.5. The highest BCUT2D eigenvalue weighted by Crippen LogP contribution is 2.28. The highest BCUT2D eigenvalue weighted by atomic mass is 16.3. The topological polar surface area (TPSA) is 372 Å². The van der Waals surface area contributed by atoms with Crippen LogP contribution in [0.3, 0.4) is 0 Å². The predicted molar refractivity (Wildman–Crippen MR) is 273 cm³/mol. The van der Waals surface area contributed by atoms with E-state index in [0.29, 0.717) is 59.1 Å². The number of nitrogen functional groups attached to an aromatic ring is 1. The molecule has 9 aromatic heterocycles. The summed E-state index contributed by atoms with van der Waals surface area (Å²) >= 11 is 0. The van der Waals surface area contributed by atoms with Gasteiger partial charge in [0.15, 0.2) is 29.6 Å². The predicted octanol–water partition coefficient (Wildman–Crippen LogP) is 1.80. The third-order valence-corrected chi connectivity index (χ3v) is 14.1. The number of carbonyl (C=O) groups excluding carboxylic acids is 3. The van der Waals surface area contributed by atoms with Crippen molar-refractivity contribution in [3.8, 4) is 0 Å². The second-order valence-electron chi connectivity index (χ2n) is 19.2. The summed E-state index contributed by atoms with van der Waals surface area (Å²) in [6, 6.07) is 0. The molecule has 404 valence electrons. The zero-order valence-electron chi connectivity index (χ0n) is 43.7. The van der Waals surface area contributed by atoms with Crippen LogP contribution in [0, 0.1) is 33.6 Å². The maximum Gasteiger partial charge on any atom is 0.253 e. The van der Waals surface area contributed by atoms with Crippen molar-refractivity contribution in [1.82, 2.24) is 93.5 Å². The van der Waals surface area contributed by atoms with Crippen LogP contribution in [-0.2, 0) is 87.4 Å². The molecule has 5 aliphatic carbocycles. The van der Waals surface area contributed by atoms with Crippen molar-refractivity contribution >= 4 is 46.9 Å². The van der Waals surface area contributed by atoms with Crippen LogP contribution in [0.25, 0.3) is 23.1 Å². The molecule has 1 fully saturated rings. The molecule has 0 saturated heterocycles. The number of Topliss-reactive ketones (excluding diaryl/α,β-unsaturated/α-hetero) is 2. The van der Waals surface area contributed by atoms with E-state index in [1.807, 2.05) is 27.7 Å². The third-order valence-electron chi connectivity index (χ3n) is 14.1. The van der Waals surface area contributed by atoms with Crippen molar-refractivity contribution in [2.75, 3.05) is 5.73 Å². The zero-order chi connectivity index (χ0) is 54.5. The lowest BCUT2D eigenvalue weighted by Gasteiger charge is -2.03. The average Bonchev–Trinajstić information content (AvgIpc) is 4.30. The Morgan fingerprint density at radius 1 is 0.532 bits per heavy atom. The number of aliphatic hydroxyl groups is 4. The third kappa shape index (κ3) is 11.4. The number of rotatable bonds is 6. The van der Waals surface area contributed by atoms with E-state index in [1.165, 1.54) is 46.3 Å². The lowest BCUT2D eigenvalue weighted by atomic mass is 10.0. The highest BCUT2D eigenvalue weighted by molar-refractivity contribution is 6.02. The van der Waals surface area contributed by atoms with Crippen LogP contribution in [0.4, 0.5) is 5.95 Å². The number of fused-ring (bicyclic) bond motifs is 12. The number of ketones is 2. The molecule has 7 N–H and O–H groups in total. The van der Waals surface area contributed by atoms with E-state index in [1.54, 1.807) is 18.1 Å². The fraction of sp³-hybridized carbons (Fsp3) is 0.500. The lowest BCUT2D eigenvalue weighted by molar-refractivity contribution is -0.129. The summed E-state index contributed by atoms with van der Waals surface area (Å²) < 4.78 is 7.04. The van der Waals surface area contributed by atoms with Crippen molar-refractivity contribution in [2.45, 2.75) is 157 Å². The smallest absolute Gasteiger partial charge is 0.253 e. The van der Waals surface area contributed by atoms with Gasteiger partial charge in [-0.2, -0.15) is 24.9 Å². The minimum atomic E-state index is -0.245. The number of H-pyrrole nitrogens is 1. The van der Waals surface area contributed by atoms with Crippen molar-refractivity contribution in [2.24, 2.45) is 5.92 Å². The summed E-state index contributed by atoms with van der Waals surface area (Å²) in [5.74, 6) is 4.40. The van der Waals surface area contributed by atoms with Crippen LogP contribution in [0.2, 0.25) is 0 Å². The Bertz CT molecular complexity index is 3420. The van der Waals surface area contributed by atoms with Gasteiger partial charge in [-0.3, -0.25) is 19.5 Å². The first-order valence-electron chi connectivity index (χ1n) is 25.8. The summed E-state index contributed by atoms with van der Waals surface area (Å²) in [7, 11) is 0. The maximum atomic E-state index is 10.8. The molecule has 0 spiro atoms. The van der Waals surface area contributed by atoms with Gasteiger partial charge >= 0.3 is 0 Å². The second-order valence-corrected chi connectivity index (χ2v) is 19.2. The van der Waals surface area contributed by atoms with E-state index >= 15 is 0 Å². The molecule has 0 radical (unpaired) electrons. The van der Waals surface area contributed by atoms with Crippen LogP contribution in [0.5, 0.6) is 0 Å². The summed E-state index contributed by atoms with van der Waals surface area (Å²) in [6.45, 7) is 8.98. The normalized spacial score (nSPS) is 15.6. The number of carbonyl (C=O) groups is 3. The summed E-state index contributed by atoms with van der Waals surface area (Å²) in [5, 5.41) is 58.1. The minimum Gasteiger partial charge on any atom is -0.388 e. The molecule has 0 amide bonds. The van der Waals surface area contributed by atoms with Crippen LogP contribution in [0.1, 0.15) is 154 Å². The fourth-order valence-corrected chi connectivity index (χ4v) is 10.5. The second kappa shape index (κ2) is 23.5. The van der Waals surface area contributed by atoms with Crippen LogP contribution < -0.4 is 5.73 Å². The van der Waals surface area contributed by atoms with Gasteiger partial charge < -0.3 is 26.2 Å². The van der Waals surface area contributed by atoms with Crippen LogP contribution in [-0.4, -0.2) is 132 Å². The first-order chi connectivity index (χ1) is 37.2. The Morgan fingerprint density at radius 3 is 1.18 bits per heavy atom. The molecule has 27 nitrogen and oxygen atoms in total. The van der Waals surface area contributed by atoms with E-state index in [2.05, 4.69) is 75.4 Å². The zero-order valence-corrected chi connectivity index (χ0v) is 43.7. The van der Waals surface area contributed by atoms with Gasteiger partial charge in [0.1, 0.15) is 38.0 Å². The monoisotopic (exact) mass is 1050 g/mol. The molecular weight excluding hydrogens is 993 g/mol. The van der Waals surface area contributed by atoms with E-state index in [9.17, 15) is 14.4 Å². The first kappa shape index (κ1) is 53.8. The number of nitrogens with zero attached hydrogens (tertiary/aromatic N) is 18. The molecule has 0 aliphatic heterocycles. The van der Waals surface area contributed by atoms with E-state index in [4.69, 9.17) is 26.2 Å². The van der Waals surface area contributed by atoms with Gasteiger partial charge in [-0.25, -0.2) is 38.0 Å². The molecule has 0 bridgehead atoms. The Balaban J connectivity index is 0.000000114. The van der Waals surface area contributed by atoms with E-state index in [0.717, 1.165) is 118 Å². The number of hydrogen-bond donors (Lipinski definition) is 6. The number of nitrogens with one attached hydrogen (secondary N) is 1.